The Morgan fingerprint density at radius 3 is 2.10 bits per heavy atom. The van der Waals surface area contributed by atoms with Crippen LogP contribution >= 0.6 is 0 Å². The van der Waals surface area contributed by atoms with Gasteiger partial charge < -0.3 is 29.9 Å². The van der Waals surface area contributed by atoms with Gasteiger partial charge in [0.15, 0.2) is 5.60 Å². The third kappa shape index (κ3) is 10.4. The summed E-state index contributed by atoms with van der Waals surface area (Å²) < 4.78 is 11.7. The average Bonchev–Trinajstić information content (AvgIpc) is 3.07. The van der Waals surface area contributed by atoms with Crippen molar-refractivity contribution in [2.24, 2.45) is 5.41 Å². The van der Waals surface area contributed by atoms with Gasteiger partial charge in [0.25, 0.3) is 0 Å². The number of amides is 1. The van der Waals surface area contributed by atoms with Crippen molar-refractivity contribution in [1.29, 1.82) is 0 Å². The van der Waals surface area contributed by atoms with Gasteiger partial charge in [-0.05, 0) is 74.5 Å². The summed E-state index contributed by atoms with van der Waals surface area (Å²) in [5.41, 5.74) is 3.20. The zero-order valence-corrected chi connectivity index (χ0v) is 27.5. The van der Waals surface area contributed by atoms with Gasteiger partial charge in [0, 0.05) is 24.1 Å². The number of hydrogen-bond acceptors (Lipinski definition) is 8. The lowest BCUT2D eigenvalue weighted by atomic mass is 9.68. The lowest BCUT2D eigenvalue weighted by Gasteiger charge is -2.47. The third-order valence-electron chi connectivity index (χ3n) is 9.05. The van der Waals surface area contributed by atoms with Crippen molar-refractivity contribution < 1.29 is 49.1 Å². The molecule has 5 N–H and O–H groups in total. The van der Waals surface area contributed by atoms with Crippen molar-refractivity contribution in [3.63, 3.8) is 0 Å². The van der Waals surface area contributed by atoms with Crippen LogP contribution in [-0.2, 0) is 43.4 Å². The van der Waals surface area contributed by atoms with Crippen LogP contribution in [0.25, 0.3) is 0 Å². The maximum atomic E-state index is 11.5. The van der Waals surface area contributed by atoms with E-state index in [4.69, 9.17) is 29.9 Å². The van der Waals surface area contributed by atoms with Gasteiger partial charge in [-0.3, -0.25) is 19.8 Å². The predicted molar refractivity (Wildman–Crippen MR) is 180 cm³/mol. The fraction of sp³-hybridized carbons (Fsp3) is 0.405. The minimum Gasteiger partial charge on any atom is -0.481 e. The molecule has 0 aliphatic carbocycles. The smallest absolute Gasteiger partial charge is 0.411 e. The summed E-state index contributed by atoms with van der Waals surface area (Å²) in [4.78, 5) is 44.5. The number of aliphatic hydroxyl groups is 1. The number of likely N-dealkylation sites (tertiary alicyclic amines) is 1. The van der Waals surface area contributed by atoms with Crippen LogP contribution in [0.5, 0.6) is 0 Å². The summed E-state index contributed by atoms with van der Waals surface area (Å²) in [5, 5.41) is 36.6. The Kier molecular flexibility index (Phi) is 12.9. The molecule has 12 heteroatoms. The van der Waals surface area contributed by atoms with E-state index in [-0.39, 0.29) is 17.6 Å². The fourth-order valence-electron chi connectivity index (χ4n) is 6.51. The zero-order valence-electron chi connectivity index (χ0n) is 27.5. The Balaban J connectivity index is 0.000000355. The first-order valence-corrected chi connectivity index (χ1v) is 16.3. The van der Waals surface area contributed by atoms with Crippen LogP contribution in [0.2, 0.25) is 0 Å². The van der Waals surface area contributed by atoms with E-state index >= 15 is 0 Å². The lowest BCUT2D eigenvalue weighted by Crippen LogP contribution is -2.44. The molecule has 1 fully saturated rings. The molecule has 0 saturated carbocycles. The van der Waals surface area contributed by atoms with Gasteiger partial charge >= 0.3 is 24.0 Å². The molecule has 2 aliphatic rings. The number of rotatable bonds is 14. The molecule has 49 heavy (non-hydrogen) atoms. The van der Waals surface area contributed by atoms with Gasteiger partial charge in [-0.1, -0.05) is 66.7 Å². The summed E-state index contributed by atoms with van der Waals surface area (Å²) in [6, 6.07) is 27.9. The van der Waals surface area contributed by atoms with Crippen LogP contribution in [-0.4, -0.2) is 74.6 Å². The number of benzene rings is 3. The molecule has 3 aromatic rings. The number of cyclic esters (lactones) is 1. The van der Waals surface area contributed by atoms with E-state index in [9.17, 15) is 19.2 Å². The number of nitrogens with one attached hydrogen (secondary N) is 1. The second-order valence-electron chi connectivity index (χ2n) is 12.5. The quantitative estimate of drug-likeness (QED) is 0.146. The lowest BCUT2D eigenvalue weighted by molar-refractivity contribution is -0.170. The van der Waals surface area contributed by atoms with Crippen molar-refractivity contribution in [2.45, 2.75) is 70.3 Å². The number of nitrogens with zero attached hydrogens (tertiary/aromatic N) is 1. The number of anilines is 1. The summed E-state index contributed by atoms with van der Waals surface area (Å²) in [6.07, 6.45) is 1.81. The van der Waals surface area contributed by atoms with Crippen molar-refractivity contribution >= 4 is 29.7 Å². The maximum absolute atomic E-state index is 11.5. The van der Waals surface area contributed by atoms with Gasteiger partial charge in [0.1, 0.15) is 6.61 Å². The van der Waals surface area contributed by atoms with Crippen molar-refractivity contribution in [3.8, 4) is 0 Å². The van der Waals surface area contributed by atoms with Crippen LogP contribution < -0.4 is 5.32 Å². The van der Waals surface area contributed by atoms with E-state index in [1.807, 2.05) is 6.07 Å². The number of fused-ring (bicyclic) bond motifs is 1. The van der Waals surface area contributed by atoms with Crippen molar-refractivity contribution in [2.75, 3.05) is 25.0 Å². The van der Waals surface area contributed by atoms with Crippen LogP contribution in [0, 0.1) is 5.41 Å². The summed E-state index contributed by atoms with van der Waals surface area (Å²) >= 11 is 0. The van der Waals surface area contributed by atoms with E-state index in [2.05, 4.69) is 89.9 Å². The number of carboxylic acid groups (broad SMARTS) is 3. The maximum Gasteiger partial charge on any atom is 0.411 e. The van der Waals surface area contributed by atoms with Crippen LogP contribution in [0.15, 0.2) is 78.9 Å². The first-order chi connectivity index (χ1) is 23.4. The zero-order chi connectivity index (χ0) is 35.4. The van der Waals surface area contributed by atoms with Crippen LogP contribution in [0.4, 0.5) is 10.5 Å². The Morgan fingerprint density at radius 2 is 1.53 bits per heavy atom. The van der Waals surface area contributed by atoms with Crippen molar-refractivity contribution in [1.82, 2.24) is 4.90 Å². The molecule has 0 bridgehead atoms. The minimum atomic E-state index is -2.74. The molecule has 1 amide bonds. The van der Waals surface area contributed by atoms with Crippen LogP contribution in [0.1, 0.15) is 67.4 Å². The number of aryl methyl sites for hydroxylation is 1. The monoisotopic (exact) mass is 676 g/mol. The van der Waals surface area contributed by atoms with Gasteiger partial charge in [-0.2, -0.15) is 0 Å². The highest BCUT2D eigenvalue weighted by atomic mass is 16.5. The predicted octanol–water partition coefficient (Wildman–Crippen LogP) is 5.49. The number of carbonyl (C=O) groups is 4. The Morgan fingerprint density at radius 1 is 0.918 bits per heavy atom. The average molecular weight is 677 g/mol. The van der Waals surface area contributed by atoms with E-state index < -0.39 is 36.4 Å². The molecule has 1 unspecified atom stereocenters. The molecule has 12 nitrogen and oxygen atoms in total. The number of hydrogen-bond donors (Lipinski definition) is 5. The normalized spacial score (nSPS) is 16.2. The molecule has 0 radical (unpaired) electrons. The highest BCUT2D eigenvalue weighted by Crippen LogP contribution is 2.49. The number of ether oxygens (including phenoxy) is 2. The topological polar surface area (TPSA) is 183 Å². The molecule has 2 aliphatic heterocycles. The summed E-state index contributed by atoms with van der Waals surface area (Å²) in [5.74, 6) is -5.02. The third-order valence-corrected chi connectivity index (χ3v) is 9.05. The molecule has 0 spiro atoms. The second-order valence-corrected chi connectivity index (χ2v) is 12.5. The van der Waals surface area contributed by atoms with Crippen LogP contribution in [0.3, 0.4) is 0 Å². The Hall–Kier alpha value is -4.78. The number of carbonyl (C=O) groups excluding carboxylic acids is 1. The Bertz CT molecular complexity index is 1560. The number of piperidine rings is 1. The molecule has 1 atom stereocenters. The SMILES string of the molecule is CCOC(c1ccccc1)C1(CCc2ccccc2)CCN(Cc2ccc3c(c2)COC(=O)N3)CC1.O=C(O)CC(O)(CC(=O)O)C(=O)O. The van der Waals surface area contributed by atoms with Gasteiger partial charge in [0.2, 0.25) is 0 Å². The highest BCUT2D eigenvalue weighted by Gasteiger charge is 2.43. The van der Waals surface area contributed by atoms with E-state index in [1.165, 1.54) is 16.7 Å². The molecule has 3 aromatic carbocycles. The molecule has 1 saturated heterocycles. The molecule has 2 heterocycles. The molecule has 5 rings (SSSR count). The van der Waals surface area contributed by atoms with Gasteiger partial charge in [0.05, 0.1) is 24.6 Å². The van der Waals surface area contributed by atoms with E-state index in [0.29, 0.717) is 13.2 Å². The fourth-order valence-corrected chi connectivity index (χ4v) is 6.51. The van der Waals surface area contributed by atoms with Gasteiger partial charge in [-0.25, -0.2) is 9.59 Å². The minimum absolute atomic E-state index is 0.0949. The van der Waals surface area contributed by atoms with E-state index in [0.717, 1.165) is 56.6 Å². The summed E-state index contributed by atoms with van der Waals surface area (Å²) in [6.45, 7) is 6.14. The first-order valence-electron chi connectivity index (χ1n) is 16.3. The second kappa shape index (κ2) is 17.0. The molecule has 262 valence electrons. The summed E-state index contributed by atoms with van der Waals surface area (Å²) in [7, 11) is 0. The van der Waals surface area contributed by atoms with E-state index in [1.54, 1.807) is 0 Å². The molecule has 0 aromatic heterocycles. The molecular weight excluding hydrogens is 632 g/mol. The standard InChI is InChI=1S/C31H36N2O3.C6H8O7/c1-2-35-29(26-11-7-4-8-12-26)31(16-15-24-9-5-3-6-10-24)17-19-33(20-18-31)22-25-13-14-28-27(21-25)23-36-30(34)32-28;7-3(8)1-6(13,5(11)12)2-4(9)10/h3-14,21,29H,2,15-20,22-23H2,1H3,(H,32,34);13H,1-2H2,(H,7,8)(H,9,10)(H,11,12). The first kappa shape index (κ1) is 37.0. The largest absolute Gasteiger partial charge is 0.481 e. The number of carboxylic acids is 3. The number of aliphatic carboxylic acids is 3. The van der Waals surface area contributed by atoms with Crippen molar-refractivity contribution in [3.05, 3.63) is 101 Å². The van der Waals surface area contributed by atoms with Gasteiger partial charge in [-0.15, -0.1) is 0 Å². The molecular formula is C37H44N2O10. The Labute approximate surface area is 285 Å². The highest BCUT2D eigenvalue weighted by molar-refractivity contribution is 5.88.